The van der Waals surface area contributed by atoms with Crippen LogP contribution in [-0.4, -0.2) is 29.5 Å². The van der Waals surface area contributed by atoms with Gasteiger partial charge in [-0.1, -0.05) is 87.1 Å². The molecule has 6 heteroatoms. The normalized spacial score (nSPS) is 35.2. The molecule has 3 fully saturated rings. The van der Waals surface area contributed by atoms with Crippen LogP contribution in [0.1, 0.15) is 105 Å². The summed E-state index contributed by atoms with van der Waals surface area (Å²) in [5, 5.41) is 2.98. The first-order chi connectivity index (χ1) is 19.7. The smallest absolute Gasteiger partial charge is 0.407 e. The van der Waals surface area contributed by atoms with Crippen molar-refractivity contribution in [2.75, 3.05) is 12.3 Å². The second-order valence-corrected chi connectivity index (χ2v) is 17.1. The second kappa shape index (κ2) is 13.7. The van der Waals surface area contributed by atoms with Crippen molar-refractivity contribution >= 4 is 27.7 Å². The van der Waals surface area contributed by atoms with Gasteiger partial charge < -0.3 is 10.1 Å². The van der Waals surface area contributed by atoms with Gasteiger partial charge in [0.2, 0.25) is 0 Å². The van der Waals surface area contributed by atoms with Crippen LogP contribution in [0.2, 0.25) is 0 Å². The summed E-state index contributed by atoms with van der Waals surface area (Å²) in [5.41, 5.74) is 2.42. The van der Waals surface area contributed by atoms with Crippen molar-refractivity contribution in [3.05, 3.63) is 36.2 Å². The number of nitrogens with zero attached hydrogens (tertiary/aromatic N) is 1. The first kappa shape index (κ1) is 31.3. The number of fused-ring (bicyclic) bond motifs is 5. The number of carbonyl (C=O) groups excluding carboxylic acids is 1. The molecule has 1 aromatic heterocycles. The van der Waals surface area contributed by atoms with Crippen LogP contribution in [0.4, 0.5) is 4.79 Å². The molecule has 5 rings (SSSR count). The molecule has 1 heterocycles. The van der Waals surface area contributed by atoms with Gasteiger partial charge in [-0.3, -0.25) is 4.98 Å². The lowest BCUT2D eigenvalue weighted by Crippen LogP contribution is -2.51. The first-order valence-electron chi connectivity index (χ1n) is 16.5. The maximum absolute atomic E-state index is 12.6. The highest BCUT2D eigenvalue weighted by Gasteiger charge is 2.59. The summed E-state index contributed by atoms with van der Waals surface area (Å²) in [7, 11) is 3.46. The molecule has 4 nitrogen and oxygen atoms in total. The van der Waals surface area contributed by atoms with Crippen molar-refractivity contribution < 1.29 is 9.53 Å². The molecule has 1 N–H and O–H groups in total. The molecule has 41 heavy (non-hydrogen) atoms. The monoisotopic (exact) mass is 598 g/mol. The lowest BCUT2D eigenvalue weighted by atomic mass is 9.47. The van der Waals surface area contributed by atoms with Crippen molar-refractivity contribution in [1.29, 1.82) is 0 Å². The molecule has 4 aliphatic carbocycles. The summed E-state index contributed by atoms with van der Waals surface area (Å²) in [6, 6.07) is 4.01. The molecule has 8 atom stereocenters. The van der Waals surface area contributed by atoms with Gasteiger partial charge in [0.15, 0.2) is 0 Å². The van der Waals surface area contributed by atoms with E-state index in [1.165, 1.54) is 56.3 Å². The van der Waals surface area contributed by atoms with Crippen molar-refractivity contribution in [2.24, 2.45) is 46.3 Å². The van der Waals surface area contributed by atoms with E-state index in [9.17, 15) is 4.79 Å². The van der Waals surface area contributed by atoms with Crippen LogP contribution in [0.25, 0.3) is 0 Å². The third-order valence-electron chi connectivity index (χ3n) is 11.8. The number of pyridine rings is 1. The average Bonchev–Trinajstić information content (AvgIpc) is 3.31. The van der Waals surface area contributed by atoms with E-state index in [0.29, 0.717) is 17.4 Å². The largest absolute Gasteiger partial charge is 0.446 e. The van der Waals surface area contributed by atoms with Crippen LogP contribution in [0, 0.1) is 46.3 Å². The van der Waals surface area contributed by atoms with Gasteiger partial charge in [0.1, 0.15) is 6.10 Å². The Bertz CT molecular complexity index is 1050. The fourth-order valence-electron chi connectivity index (χ4n) is 9.64. The third kappa shape index (κ3) is 7.00. The van der Waals surface area contributed by atoms with Gasteiger partial charge in [-0.2, -0.15) is 0 Å². The minimum Gasteiger partial charge on any atom is -0.446 e. The molecule has 2 unspecified atom stereocenters. The molecule has 1 amide bonds. The van der Waals surface area contributed by atoms with Gasteiger partial charge in [-0.15, -0.1) is 0 Å². The topological polar surface area (TPSA) is 51.2 Å². The maximum atomic E-state index is 12.6. The summed E-state index contributed by atoms with van der Waals surface area (Å²) in [5.74, 6) is 5.99. The summed E-state index contributed by atoms with van der Waals surface area (Å²) >= 11 is 0. The Labute approximate surface area is 257 Å². The Morgan fingerprint density at radius 3 is 2.66 bits per heavy atom. The first-order valence-corrected chi connectivity index (χ1v) is 18.9. The van der Waals surface area contributed by atoms with E-state index in [0.717, 1.165) is 60.5 Å². The van der Waals surface area contributed by atoms with Crippen molar-refractivity contribution in [3.8, 4) is 0 Å². The van der Waals surface area contributed by atoms with Gasteiger partial charge in [0, 0.05) is 36.0 Å². The highest BCUT2D eigenvalue weighted by Crippen LogP contribution is 2.67. The minimum absolute atomic E-state index is 0.0149. The summed E-state index contributed by atoms with van der Waals surface area (Å²) in [6.45, 7) is 13.2. The van der Waals surface area contributed by atoms with Gasteiger partial charge >= 0.3 is 6.09 Å². The van der Waals surface area contributed by atoms with Crippen LogP contribution < -0.4 is 5.32 Å². The number of carbonyl (C=O) groups is 1. The molecule has 0 bridgehead atoms. The molecule has 1 aromatic rings. The molecule has 0 saturated heterocycles. The second-order valence-electron chi connectivity index (χ2n) is 14.6. The number of hydrogen-bond acceptors (Lipinski definition) is 5. The Morgan fingerprint density at radius 2 is 1.88 bits per heavy atom. The molecule has 4 aliphatic rings. The zero-order valence-corrected chi connectivity index (χ0v) is 27.8. The average molecular weight is 599 g/mol. The van der Waals surface area contributed by atoms with Crippen LogP contribution in [0.3, 0.4) is 0 Å². The van der Waals surface area contributed by atoms with E-state index in [1.807, 2.05) is 24.5 Å². The van der Waals surface area contributed by atoms with Crippen LogP contribution in [0.15, 0.2) is 41.1 Å². The highest BCUT2D eigenvalue weighted by atomic mass is 33.1. The van der Waals surface area contributed by atoms with Gasteiger partial charge in [0.05, 0.1) is 0 Å². The fourth-order valence-corrected chi connectivity index (χ4v) is 11.5. The van der Waals surface area contributed by atoms with E-state index in [-0.39, 0.29) is 12.2 Å². The Morgan fingerprint density at radius 1 is 1.07 bits per heavy atom. The zero-order valence-electron chi connectivity index (χ0n) is 26.2. The van der Waals surface area contributed by atoms with E-state index in [4.69, 9.17) is 4.74 Å². The number of allylic oxidation sites excluding steroid dienone is 1. The van der Waals surface area contributed by atoms with Gasteiger partial charge in [-0.25, -0.2) is 4.79 Å². The SMILES string of the molecule is CC(C)CCC[C@@H](C)[C@H]1CCC2[C@@H]3CC=C4C[C@@H](OC(=O)NCCSSc5ccncc5)CC[C@]4(C)C3CC[C@@]21C. The van der Waals surface area contributed by atoms with Gasteiger partial charge in [0.25, 0.3) is 0 Å². The fraction of sp³-hybridized carbons (Fsp3) is 0.771. The number of aromatic nitrogens is 1. The van der Waals surface area contributed by atoms with Crippen molar-refractivity contribution in [1.82, 2.24) is 10.3 Å². The van der Waals surface area contributed by atoms with Crippen LogP contribution in [0.5, 0.6) is 0 Å². The van der Waals surface area contributed by atoms with Crippen LogP contribution in [-0.2, 0) is 4.74 Å². The minimum atomic E-state index is -0.254. The van der Waals surface area contributed by atoms with E-state index >= 15 is 0 Å². The quantitative estimate of drug-likeness (QED) is 0.156. The summed E-state index contributed by atoms with van der Waals surface area (Å²) < 4.78 is 5.94. The molecule has 3 saturated carbocycles. The van der Waals surface area contributed by atoms with E-state index < -0.39 is 0 Å². The number of rotatable bonds is 11. The number of hydrogen-bond donors (Lipinski definition) is 1. The lowest BCUT2D eigenvalue weighted by molar-refractivity contribution is -0.0581. The maximum Gasteiger partial charge on any atom is 0.407 e. The molecule has 0 aliphatic heterocycles. The number of ether oxygens (including phenoxy) is 1. The predicted molar refractivity (Wildman–Crippen MR) is 174 cm³/mol. The van der Waals surface area contributed by atoms with E-state index in [1.54, 1.807) is 27.2 Å². The number of amides is 1. The van der Waals surface area contributed by atoms with E-state index in [2.05, 4.69) is 51.0 Å². The molecular formula is C35H54N2O2S2. The van der Waals surface area contributed by atoms with Crippen LogP contribution >= 0.6 is 21.6 Å². The summed E-state index contributed by atoms with van der Waals surface area (Å²) in [4.78, 5) is 17.8. The Kier molecular flexibility index (Phi) is 10.4. The number of nitrogens with one attached hydrogen (secondary N) is 1. The highest BCUT2D eigenvalue weighted by molar-refractivity contribution is 8.76. The zero-order chi connectivity index (χ0) is 29.0. The van der Waals surface area contributed by atoms with Gasteiger partial charge in [-0.05, 0) is 103 Å². The molecule has 0 aromatic carbocycles. The van der Waals surface area contributed by atoms with Crippen molar-refractivity contribution in [3.63, 3.8) is 0 Å². The van der Waals surface area contributed by atoms with Crippen molar-refractivity contribution in [2.45, 2.75) is 116 Å². The molecule has 0 radical (unpaired) electrons. The Hall–Kier alpha value is -1.14. The number of alkyl carbamates (subject to hydrolysis) is 1. The standard InChI is InChI=1S/C35H54N2O2S2/c1-24(2)7-6-8-25(3)30-11-12-31-29-10-9-26-23-27(13-17-34(26,4)32(29)14-18-35(30,31)5)39-33(38)37-21-22-40-41-28-15-19-36-20-16-28/h9,15-16,19-20,24-25,27,29-32H,6-8,10-14,17-18,21-23H2,1-5H3,(H,37,38)/t25-,27+,29+,30-,31?,32?,34+,35-/m1/s1. The predicted octanol–water partition coefficient (Wildman–Crippen LogP) is 9.96. The molecule has 0 spiro atoms. The lowest BCUT2D eigenvalue weighted by Gasteiger charge is -2.58. The summed E-state index contributed by atoms with van der Waals surface area (Å²) in [6.07, 6.45) is 20.2. The third-order valence-corrected chi connectivity index (χ3v) is 14.2. The Balaban J connectivity index is 1.11. The molecular weight excluding hydrogens is 545 g/mol. The molecule has 228 valence electrons.